The zero-order valence-electron chi connectivity index (χ0n) is 4.87. The summed E-state index contributed by atoms with van der Waals surface area (Å²) in [7, 11) is -0.500. The Morgan fingerprint density at radius 1 is 1.14 bits per heavy atom. The first-order valence-electron chi connectivity index (χ1n) is 0.988. The molecule has 0 aliphatic rings. The van der Waals surface area contributed by atoms with Gasteiger partial charge in [-0.2, -0.15) is 0 Å². The number of hydrogen-bond acceptors (Lipinski definition) is 2. The summed E-state index contributed by atoms with van der Waals surface area (Å²) >= 11 is 0. The molecule has 0 aromatic carbocycles. The molecule has 0 aromatic heterocycles. The molecule has 0 radical (unpaired) electrons. The van der Waals surface area contributed by atoms with E-state index in [2.05, 4.69) is 0 Å². The molecule has 34 valence electrons. The largest absolute Gasteiger partial charge is 1.00 e. The average molecular weight is 112 g/mol. The molecule has 0 heterocycles. The molecule has 0 unspecified atom stereocenters. The molecule has 0 rings (SSSR count). The molecule has 0 fully saturated rings. The van der Waals surface area contributed by atoms with Gasteiger partial charge in [0, 0.05) is 0 Å². The van der Waals surface area contributed by atoms with E-state index in [9.17, 15) is 0 Å². The maximum absolute atomic E-state index is 8.36. The first-order chi connectivity index (χ1) is 2.83. The fourth-order valence-electron chi connectivity index (χ4n) is 0. The summed E-state index contributed by atoms with van der Waals surface area (Å²) in [5.41, 5.74) is 0. The third kappa shape index (κ3) is 1090. The molecule has 0 saturated heterocycles. The topological polar surface area (TPSA) is 74.6 Å². The van der Waals surface area contributed by atoms with Gasteiger partial charge >= 0.3 is 63.7 Å². The van der Waals surface area contributed by atoms with Gasteiger partial charge in [-0.25, -0.2) is 0 Å². The van der Waals surface area contributed by atoms with E-state index in [0.29, 0.717) is 0 Å². The zero-order chi connectivity index (χ0) is 5.41. The smallest absolute Gasteiger partial charge is 1.00 e. The van der Waals surface area contributed by atoms with E-state index in [1.165, 1.54) is 0 Å². The van der Waals surface area contributed by atoms with Crippen LogP contribution in [0.3, 0.4) is 0 Å². The van der Waals surface area contributed by atoms with Crippen molar-refractivity contribution < 1.29 is 50.4 Å². The Morgan fingerprint density at radius 3 is 1.14 bits per heavy atom. The van der Waals surface area contributed by atoms with Crippen LogP contribution in [0.1, 0.15) is 1.43 Å². The third-order valence-electron chi connectivity index (χ3n) is 0. The van der Waals surface area contributed by atoms with E-state index in [-0.39, 0.29) is 45.7 Å². The normalized spacial score (nSPS) is 2.29. The molecule has 2 N–H and O–H groups in total. The minimum absolute atomic E-state index is 0. The predicted molar refractivity (Wildman–Crippen MR) is 18.4 cm³/mol. The average Bonchev–Trinajstić information content (AvgIpc) is 1.39. The molecule has 0 atom stereocenters. The van der Waals surface area contributed by atoms with Crippen molar-refractivity contribution in [2.75, 3.05) is 0 Å². The van der Waals surface area contributed by atoms with Crippen LogP contribution in [0.2, 0.25) is 0 Å². The molecule has 7 heavy (non-hydrogen) atoms. The molecule has 0 saturated carbocycles. The van der Waals surface area contributed by atoms with E-state index in [4.69, 9.17) is 19.5 Å². The summed E-state index contributed by atoms with van der Waals surface area (Å²) in [6.45, 7) is 0. The van der Waals surface area contributed by atoms with Gasteiger partial charge in [-0.15, -0.1) is 0 Å². The summed E-state index contributed by atoms with van der Waals surface area (Å²) in [6, 6.07) is 0. The molecular weight excluding hydrogens is 109 g/mol. The Hall–Kier alpha value is 0.330. The van der Waals surface area contributed by atoms with Crippen molar-refractivity contribution in [2.24, 2.45) is 0 Å². The second kappa shape index (κ2) is 33.1. The van der Waals surface area contributed by atoms with Crippen LogP contribution < -0.4 is 29.6 Å². The predicted octanol–water partition coefficient (Wildman–Crippen LogP) is -5.00. The molecule has 0 aliphatic heterocycles. The van der Waals surface area contributed by atoms with Crippen LogP contribution in [0, 0.1) is 0 Å². The van der Waals surface area contributed by atoms with Crippen molar-refractivity contribution >= 4 is 14.7 Å². The Balaban J connectivity index is -0.0000000160. The van der Waals surface area contributed by atoms with E-state index in [1.54, 1.807) is 0 Å². The van der Waals surface area contributed by atoms with Gasteiger partial charge < -0.3 is 1.43 Å². The van der Waals surface area contributed by atoms with Gasteiger partial charge in [0.15, 0.2) is 0 Å². The van der Waals surface area contributed by atoms with Crippen LogP contribution in [0.25, 0.3) is 0 Å². The van der Waals surface area contributed by atoms with Gasteiger partial charge in [-0.3, -0.25) is 0 Å². The van der Waals surface area contributed by atoms with Gasteiger partial charge in [0.25, 0.3) is 0 Å². The van der Waals surface area contributed by atoms with E-state index < -0.39 is 0 Å². The summed E-state index contributed by atoms with van der Waals surface area (Å²) in [5.74, 6) is 0. The van der Waals surface area contributed by atoms with Crippen LogP contribution in [-0.4, -0.2) is 24.8 Å². The van der Waals surface area contributed by atoms with Gasteiger partial charge in [0.05, 0.1) is 0 Å². The fraction of sp³-hybridized carbons (Fsp3) is 0. The maximum atomic E-state index is 8.36. The van der Waals surface area contributed by atoms with Gasteiger partial charge in [-0.1, -0.05) is 0 Å². The number of hydrogen-bond donors (Lipinski definition) is 2. The molecular formula is H3B2NaO4. The number of rotatable bonds is 0. The molecule has 0 aliphatic carbocycles. The van der Waals surface area contributed by atoms with Crippen molar-refractivity contribution in [3.63, 3.8) is 0 Å². The maximum Gasteiger partial charge on any atom is 1.00 e. The summed E-state index contributed by atoms with van der Waals surface area (Å²) < 4.78 is 16.7. The van der Waals surface area contributed by atoms with Crippen molar-refractivity contribution in [3.8, 4) is 0 Å². The van der Waals surface area contributed by atoms with Crippen LogP contribution in [-0.2, 0) is 9.41 Å². The third-order valence-corrected chi connectivity index (χ3v) is 0. The fourth-order valence-corrected chi connectivity index (χ4v) is 0. The van der Waals surface area contributed by atoms with Crippen LogP contribution in [0.5, 0.6) is 0 Å². The zero-order valence-corrected chi connectivity index (χ0v) is 5.87. The molecule has 0 aromatic rings. The summed E-state index contributed by atoms with van der Waals surface area (Å²) in [5, 5.41) is 13.8. The standard InChI is InChI=1S/2BHO2.Na.H/c2*2-1-3;;/h2*2H;;/q;;+1;-1. The molecule has 0 spiro atoms. The minimum Gasteiger partial charge on any atom is -1.00 e. The van der Waals surface area contributed by atoms with Crippen LogP contribution in [0.15, 0.2) is 0 Å². The van der Waals surface area contributed by atoms with Crippen molar-refractivity contribution in [2.45, 2.75) is 0 Å². The quantitative estimate of drug-likeness (QED) is 0.307. The Morgan fingerprint density at radius 2 is 1.14 bits per heavy atom. The SMILES string of the molecule is O=BO.O=BO.[H-].[Na+]. The van der Waals surface area contributed by atoms with E-state index in [0.717, 1.165) is 0 Å². The Labute approximate surface area is 65.3 Å². The minimum atomic E-state index is -0.250. The van der Waals surface area contributed by atoms with Gasteiger partial charge in [-0.05, 0) is 0 Å². The van der Waals surface area contributed by atoms with Crippen molar-refractivity contribution in [1.29, 1.82) is 0 Å². The van der Waals surface area contributed by atoms with Gasteiger partial charge in [0.2, 0.25) is 0 Å². The van der Waals surface area contributed by atoms with E-state index >= 15 is 0 Å². The molecule has 4 nitrogen and oxygen atoms in total. The Bertz CT molecular complexity index is 35.0. The van der Waals surface area contributed by atoms with Crippen molar-refractivity contribution in [3.05, 3.63) is 0 Å². The summed E-state index contributed by atoms with van der Waals surface area (Å²) in [6.07, 6.45) is 0. The molecule has 7 heteroatoms. The Kier molecular flexibility index (Phi) is 74.1. The first kappa shape index (κ1) is 15.7. The summed E-state index contributed by atoms with van der Waals surface area (Å²) in [4.78, 5) is 0. The monoisotopic (exact) mass is 112 g/mol. The molecule has 0 bridgehead atoms. The first-order valence-corrected chi connectivity index (χ1v) is 0.988. The van der Waals surface area contributed by atoms with E-state index in [1.807, 2.05) is 0 Å². The second-order valence-corrected chi connectivity index (χ2v) is 0.211. The van der Waals surface area contributed by atoms with Crippen LogP contribution in [0.4, 0.5) is 0 Å². The van der Waals surface area contributed by atoms with Gasteiger partial charge in [0.1, 0.15) is 0 Å². The molecule has 0 amide bonds. The van der Waals surface area contributed by atoms with Crippen LogP contribution >= 0.6 is 0 Å². The second-order valence-electron chi connectivity index (χ2n) is 0.211. The van der Waals surface area contributed by atoms with Crippen molar-refractivity contribution in [1.82, 2.24) is 0 Å².